The van der Waals surface area contributed by atoms with Crippen molar-refractivity contribution in [3.8, 4) is 0 Å². The first-order valence-corrected chi connectivity index (χ1v) is 13.4. The number of nitrogens with zero attached hydrogens (tertiary/aromatic N) is 3. The lowest BCUT2D eigenvalue weighted by Crippen LogP contribution is -2.26. The van der Waals surface area contributed by atoms with Gasteiger partial charge in [0.05, 0.1) is 16.4 Å². The molecule has 0 spiro atoms. The summed E-state index contributed by atoms with van der Waals surface area (Å²) in [4.78, 5) is 2.34. The normalized spacial score (nSPS) is 16.6. The zero-order valence-electron chi connectivity index (χ0n) is 21.9. The van der Waals surface area contributed by atoms with Crippen molar-refractivity contribution in [1.29, 1.82) is 0 Å². The van der Waals surface area contributed by atoms with E-state index in [0.717, 1.165) is 41.9 Å². The summed E-state index contributed by atoms with van der Waals surface area (Å²) < 4.78 is 3.00. The van der Waals surface area contributed by atoms with E-state index in [1.807, 2.05) is 10.9 Å². The van der Waals surface area contributed by atoms with Gasteiger partial charge >= 0.3 is 0 Å². The van der Waals surface area contributed by atoms with Crippen LogP contribution in [0.15, 0.2) is 96.8 Å². The molecule has 4 rings (SSSR count). The number of benzene rings is 2. The highest BCUT2D eigenvalue weighted by molar-refractivity contribution is 9.10. The quantitative estimate of drug-likeness (QED) is 0.202. The molecule has 0 aliphatic heterocycles. The number of halogens is 1. The molecule has 0 bridgehead atoms. The van der Waals surface area contributed by atoms with Gasteiger partial charge in [0.25, 0.3) is 0 Å². The lowest BCUT2D eigenvalue weighted by atomic mass is 10.1. The van der Waals surface area contributed by atoms with Gasteiger partial charge in [-0.15, -0.1) is 13.2 Å². The number of hydrogen-bond donors (Lipinski definition) is 1. The fraction of sp³-hybridized carbons (Fsp3) is 0.323. The Hall–Kier alpha value is -3.05. The number of aryl methyl sites for hydroxylation is 1. The average Bonchev–Trinajstić information content (AvgIpc) is 3.65. The van der Waals surface area contributed by atoms with E-state index in [-0.39, 0.29) is 0 Å². The average molecular weight is 548 g/mol. The Kier molecular flexibility index (Phi) is 10.2. The topological polar surface area (TPSA) is 33.1 Å². The van der Waals surface area contributed by atoms with Crippen LogP contribution in [0, 0.1) is 19.8 Å². The Balaban J connectivity index is 0.00000176. The van der Waals surface area contributed by atoms with E-state index >= 15 is 0 Å². The first kappa shape index (κ1) is 27.5. The molecule has 2 aromatic carbocycles. The number of hydrogen-bond acceptors (Lipinski definition) is 3. The molecule has 2 unspecified atom stereocenters. The van der Waals surface area contributed by atoms with Gasteiger partial charge in [-0.25, -0.2) is 4.68 Å². The van der Waals surface area contributed by atoms with Crippen LogP contribution in [-0.2, 0) is 6.42 Å². The highest BCUT2D eigenvalue weighted by Crippen LogP contribution is 2.51. The van der Waals surface area contributed by atoms with Crippen LogP contribution in [0.2, 0.25) is 0 Å². The molecule has 4 nitrogen and oxygen atoms in total. The summed E-state index contributed by atoms with van der Waals surface area (Å²) >= 11 is 3.60. The maximum absolute atomic E-state index is 4.58. The Morgan fingerprint density at radius 1 is 1.14 bits per heavy atom. The third-order valence-corrected chi connectivity index (χ3v) is 7.65. The minimum absolute atomic E-state index is 0.578. The van der Waals surface area contributed by atoms with Gasteiger partial charge in [0.15, 0.2) is 0 Å². The molecule has 0 radical (unpaired) electrons. The minimum Gasteiger partial charge on any atom is -0.378 e. The zero-order valence-corrected chi connectivity index (χ0v) is 23.5. The SMILES string of the molecule is C=C.C=C(C1CC1c1ccccc1)N(C)CCCN/C(=C/Cc1ccccc1C)n1ncc(Br)c1C. The molecule has 1 fully saturated rings. The van der Waals surface area contributed by atoms with E-state index in [0.29, 0.717) is 11.8 Å². The lowest BCUT2D eigenvalue weighted by Gasteiger charge is -2.22. The van der Waals surface area contributed by atoms with Crippen molar-refractivity contribution < 1.29 is 0 Å². The lowest BCUT2D eigenvalue weighted by molar-refractivity contribution is 0.386. The van der Waals surface area contributed by atoms with Crippen LogP contribution in [0.5, 0.6) is 0 Å². The molecule has 1 aromatic heterocycles. The largest absolute Gasteiger partial charge is 0.378 e. The molecule has 3 aromatic rings. The molecule has 36 heavy (non-hydrogen) atoms. The van der Waals surface area contributed by atoms with E-state index in [4.69, 9.17) is 0 Å². The van der Waals surface area contributed by atoms with Gasteiger partial charge < -0.3 is 10.2 Å². The summed E-state index contributed by atoms with van der Waals surface area (Å²) in [6.45, 7) is 16.5. The monoisotopic (exact) mass is 546 g/mol. The predicted molar refractivity (Wildman–Crippen MR) is 157 cm³/mol. The summed E-state index contributed by atoms with van der Waals surface area (Å²) in [5.74, 6) is 2.24. The Bertz CT molecular complexity index is 1160. The van der Waals surface area contributed by atoms with Gasteiger partial charge in [0.1, 0.15) is 5.82 Å². The van der Waals surface area contributed by atoms with Crippen molar-refractivity contribution >= 4 is 21.8 Å². The highest BCUT2D eigenvalue weighted by Gasteiger charge is 2.41. The van der Waals surface area contributed by atoms with Crippen molar-refractivity contribution in [3.05, 3.63) is 119 Å². The number of nitrogens with one attached hydrogen (secondary N) is 1. The van der Waals surface area contributed by atoms with E-state index in [1.165, 1.54) is 28.8 Å². The van der Waals surface area contributed by atoms with Crippen LogP contribution in [0.3, 0.4) is 0 Å². The molecule has 0 saturated heterocycles. The third kappa shape index (κ3) is 7.01. The minimum atomic E-state index is 0.578. The van der Waals surface area contributed by atoms with E-state index in [9.17, 15) is 0 Å². The number of rotatable bonds is 11. The van der Waals surface area contributed by atoms with Crippen molar-refractivity contribution in [2.24, 2.45) is 5.92 Å². The first-order valence-electron chi connectivity index (χ1n) is 12.6. The van der Waals surface area contributed by atoms with Crippen LogP contribution in [0.1, 0.15) is 41.1 Å². The third-order valence-electron chi connectivity index (χ3n) is 6.87. The molecule has 1 N–H and O–H groups in total. The van der Waals surface area contributed by atoms with Crippen LogP contribution >= 0.6 is 15.9 Å². The maximum Gasteiger partial charge on any atom is 0.124 e. The fourth-order valence-corrected chi connectivity index (χ4v) is 4.76. The molecular weight excluding hydrogens is 508 g/mol. The smallest absolute Gasteiger partial charge is 0.124 e. The fourth-order valence-electron chi connectivity index (χ4n) is 4.50. The Labute approximate surface area is 225 Å². The van der Waals surface area contributed by atoms with E-state index < -0.39 is 0 Å². The highest BCUT2D eigenvalue weighted by atomic mass is 79.9. The van der Waals surface area contributed by atoms with Crippen molar-refractivity contribution in [2.45, 2.75) is 39.0 Å². The van der Waals surface area contributed by atoms with Crippen molar-refractivity contribution in [1.82, 2.24) is 20.0 Å². The molecule has 1 saturated carbocycles. The number of aromatic nitrogens is 2. The van der Waals surface area contributed by atoms with Crippen LogP contribution in [0.25, 0.3) is 5.82 Å². The standard InChI is InChI=1S/C29H35BrN4.C2H4/c1-21-11-8-9-12-24(21)15-16-29(34-23(3)28(30)20-32-34)31-17-10-18-33(4)22(2)26-19-27(26)25-13-6-5-7-14-25;1-2/h5-9,11-14,16,20,26-27,31H,2,10,15,17-19H2,1,3-4H3;1-2H2/b29-16-;. The second-order valence-electron chi connectivity index (χ2n) is 9.26. The number of allylic oxidation sites excluding steroid dienone is 2. The van der Waals surface area contributed by atoms with Gasteiger partial charge in [0, 0.05) is 31.8 Å². The zero-order chi connectivity index (χ0) is 26.1. The molecule has 5 heteroatoms. The van der Waals surface area contributed by atoms with Gasteiger partial charge in [0.2, 0.25) is 0 Å². The van der Waals surface area contributed by atoms with E-state index in [1.54, 1.807) is 0 Å². The van der Waals surface area contributed by atoms with Crippen molar-refractivity contribution in [2.75, 3.05) is 20.1 Å². The second kappa shape index (κ2) is 13.3. The van der Waals surface area contributed by atoms with Crippen LogP contribution in [-0.4, -0.2) is 34.8 Å². The summed E-state index contributed by atoms with van der Waals surface area (Å²) in [6, 6.07) is 19.4. The predicted octanol–water partition coefficient (Wildman–Crippen LogP) is 7.33. The summed E-state index contributed by atoms with van der Waals surface area (Å²) in [5.41, 5.74) is 6.43. The first-order chi connectivity index (χ1) is 17.5. The summed E-state index contributed by atoms with van der Waals surface area (Å²) in [6.07, 6.45) is 7.21. The van der Waals surface area contributed by atoms with Gasteiger partial charge in [-0.3, -0.25) is 0 Å². The molecular formula is C31H39BrN4. The molecule has 190 valence electrons. The van der Waals surface area contributed by atoms with Crippen molar-refractivity contribution in [3.63, 3.8) is 0 Å². The summed E-state index contributed by atoms with van der Waals surface area (Å²) in [7, 11) is 2.17. The van der Waals surface area contributed by atoms with E-state index in [2.05, 4.69) is 133 Å². The Morgan fingerprint density at radius 2 is 1.83 bits per heavy atom. The molecule has 1 aliphatic carbocycles. The molecule has 2 atom stereocenters. The van der Waals surface area contributed by atoms with Gasteiger partial charge in [-0.05, 0) is 77.7 Å². The van der Waals surface area contributed by atoms with Gasteiger partial charge in [-0.1, -0.05) is 61.2 Å². The molecule has 1 aliphatic rings. The second-order valence-corrected chi connectivity index (χ2v) is 10.1. The van der Waals surface area contributed by atoms with Crippen LogP contribution < -0.4 is 5.32 Å². The van der Waals surface area contributed by atoms with Crippen LogP contribution in [0.4, 0.5) is 0 Å². The Morgan fingerprint density at radius 3 is 2.50 bits per heavy atom. The molecule has 1 heterocycles. The van der Waals surface area contributed by atoms with Gasteiger partial charge in [-0.2, -0.15) is 5.10 Å². The molecule has 0 amide bonds. The summed E-state index contributed by atoms with van der Waals surface area (Å²) in [5, 5.41) is 8.21. The maximum atomic E-state index is 4.58.